The van der Waals surface area contributed by atoms with Gasteiger partial charge in [0, 0.05) is 13.1 Å². The van der Waals surface area contributed by atoms with Gasteiger partial charge in [0.2, 0.25) is 17.7 Å². The van der Waals surface area contributed by atoms with Gasteiger partial charge in [-0.05, 0) is 12.8 Å². The van der Waals surface area contributed by atoms with Gasteiger partial charge in [-0.1, -0.05) is 0 Å². The van der Waals surface area contributed by atoms with Crippen LogP contribution in [-0.4, -0.2) is 48.3 Å². The van der Waals surface area contributed by atoms with Gasteiger partial charge in [-0.15, -0.1) is 0 Å². The molecular formula is C10H18N4O3. The fraction of sp³-hybridized carbons (Fsp3) is 0.700. The highest BCUT2D eigenvalue weighted by Crippen LogP contribution is 2.18. The Morgan fingerprint density at radius 2 is 2.00 bits per heavy atom. The summed E-state index contributed by atoms with van der Waals surface area (Å²) in [6, 6.07) is -0.725. The number of carbonyl (C=O) groups is 3. The van der Waals surface area contributed by atoms with E-state index in [0.717, 1.165) is 12.8 Å². The van der Waals surface area contributed by atoms with Crippen molar-refractivity contribution in [1.29, 1.82) is 0 Å². The summed E-state index contributed by atoms with van der Waals surface area (Å²) in [5.41, 5.74) is 10.4. The minimum atomic E-state index is -0.980. The second-order valence-corrected chi connectivity index (χ2v) is 4.31. The zero-order valence-corrected chi connectivity index (χ0v) is 9.81. The minimum absolute atomic E-state index is 0.0538. The molecule has 1 aliphatic carbocycles. The molecule has 17 heavy (non-hydrogen) atoms. The number of primary amides is 1. The van der Waals surface area contributed by atoms with Crippen molar-refractivity contribution in [2.24, 2.45) is 11.5 Å². The van der Waals surface area contributed by atoms with E-state index < -0.39 is 17.9 Å². The predicted molar refractivity (Wildman–Crippen MR) is 60.6 cm³/mol. The smallest absolute Gasteiger partial charge is 0.240 e. The number of amides is 3. The standard InChI is InChI=1S/C10H18N4O3/c1-14(5-9(16)13-6-2-3-6)10(17)7(11)4-8(12)15/h6-7H,2-5,11H2,1H3,(H2,12,15)(H,13,16). The van der Waals surface area contributed by atoms with Crippen LogP contribution in [0.4, 0.5) is 0 Å². The third-order valence-electron chi connectivity index (χ3n) is 2.44. The molecule has 0 spiro atoms. The maximum absolute atomic E-state index is 11.6. The molecule has 0 saturated heterocycles. The molecule has 0 aromatic rings. The first-order valence-corrected chi connectivity index (χ1v) is 5.48. The van der Waals surface area contributed by atoms with Crippen LogP contribution in [0.25, 0.3) is 0 Å². The summed E-state index contributed by atoms with van der Waals surface area (Å²) in [4.78, 5) is 34.8. The van der Waals surface area contributed by atoms with Gasteiger partial charge in [0.15, 0.2) is 0 Å². The Morgan fingerprint density at radius 1 is 1.41 bits per heavy atom. The third-order valence-corrected chi connectivity index (χ3v) is 2.44. The maximum atomic E-state index is 11.6. The number of carbonyl (C=O) groups excluding carboxylic acids is 3. The van der Waals surface area contributed by atoms with E-state index in [0.29, 0.717) is 0 Å². The lowest BCUT2D eigenvalue weighted by atomic mass is 10.2. The van der Waals surface area contributed by atoms with Crippen LogP contribution in [0.15, 0.2) is 0 Å². The van der Waals surface area contributed by atoms with Crippen molar-refractivity contribution in [2.75, 3.05) is 13.6 Å². The Kier molecular flexibility index (Phi) is 4.45. The molecule has 3 amide bonds. The SMILES string of the molecule is CN(CC(=O)NC1CC1)C(=O)C(N)CC(N)=O. The summed E-state index contributed by atoms with van der Waals surface area (Å²) >= 11 is 0. The number of nitrogens with one attached hydrogen (secondary N) is 1. The van der Waals surface area contributed by atoms with Crippen LogP contribution in [0.1, 0.15) is 19.3 Å². The molecular weight excluding hydrogens is 224 g/mol. The van der Waals surface area contributed by atoms with Gasteiger partial charge in [-0.3, -0.25) is 14.4 Å². The van der Waals surface area contributed by atoms with E-state index in [1.54, 1.807) is 0 Å². The van der Waals surface area contributed by atoms with Crippen LogP contribution in [0.5, 0.6) is 0 Å². The molecule has 0 heterocycles. The Balaban J connectivity index is 2.33. The van der Waals surface area contributed by atoms with Gasteiger partial charge < -0.3 is 21.7 Å². The van der Waals surface area contributed by atoms with Crippen LogP contribution >= 0.6 is 0 Å². The van der Waals surface area contributed by atoms with Crippen LogP contribution in [-0.2, 0) is 14.4 Å². The van der Waals surface area contributed by atoms with Crippen LogP contribution in [0.3, 0.4) is 0 Å². The van der Waals surface area contributed by atoms with Crippen molar-refractivity contribution in [3.63, 3.8) is 0 Å². The Labute approximate surface area is 99.5 Å². The average Bonchev–Trinajstić information content (AvgIpc) is 2.98. The third kappa shape index (κ3) is 4.81. The van der Waals surface area contributed by atoms with Crippen molar-refractivity contribution < 1.29 is 14.4 Å². The molecule has 96 valence electrons. The largest absolute Gasteiger partial charge is 0.370 e. The molecule has 5 N–H and O–H groups in total. The highest BCUT2D eigenvalue weighted by molar-refractivity contribution is 5.90. The van der Waals surface area contributed by atoms with Gasteiger partial charge in [0.05, 0.1) is 19.0 Å². The number of nitrogens with zero attached hydrogens (tertiary/aromatic N) is 1. The van der Waals surface area contributed by atoms with E-state index in [1.165, 1.54) is 11.9 Å². The quantitative estimate of drug-likeness (QED) is 0.495. The molecule has 1 saturated carbocycles. The van der Waals surface area contributed by atoms with E-state index in [2.05, 4.69) is 5.32 Å². The Morgan fingerprint density at radius 3 is 2.47 bits per heavy atom. The minimum Gasteiger partial charge on any atom is -0.370 e. The predicted octanol–water partition coefficient (Wildman–Crippen LogP) is -2.07. The van der Waals surface area contributed by atoms with E-state index in [4.69, 9.17) is 11.5 Å². The molecule has 1 aliphatic rings. The van der Waals surface area contributed by atoms with Crippen LogP contribution in [0.2, 0.25) is 0 Å². The van der Waals surface area contributed by atoms with Crippen molar-refractivity contribution in [2.45, 2.75) is 31.3 Å². The lowest BCUT2D eigenvalue weighted by Gasteiger charge is -2.20. The molecule has 1 fully saturated rings. The molecule has 1 unspecified atom stereocenters. The van der Waals surface area contributed by atoms with Crippen LogP contribution < -0.4 is 16.8 Å². The van der Waals surface area contributed by atoms with Gasteiger partial charge in [0.25, 0.3) is 0 Å². The topological polar surface area (TPSA) is 119 Å². The first-order chi connectivity index (χ1) is 7.90. The van der Waals surface area contributed by atoms with Crippen molar-refractivity contribution in [1.82, 2.24) is 10.2 Å². The fourth-order valence-electron chi connectivity index (χ4n) is 1.38. The molecule has 0 radical (unpaired) electrons. The summed E-state index contributed by atoms with van der Waals surface area (Å²) in [5, 5.41) is 2.75. The number of rotatable bonds is 6. The zero-order valence-electron chi connectivity index (χ0n) is 9.81. The van der Waals surface area contributed by atoms with Crippen molar-refractivity contribution in [3.8, 4) is 0 Å². The summed E-state index contributed by atoms with van der Waals surface area (Å²) in [6.45, 7) is -0.0538. The monoisotopic (exact) mass is 242 g/mol. The van der Waals surface area contributed by atoms with E-state index in [-0.39, 0.29) is 24.9 Å². The lowest BCUT2D eigenvalue weighted by Crippen LogP contribution is -2.47. The summed E-state index contributed by atoms with van der Waals surface area (Å²) in [6.07, 6.45) is 1.77. The molecule has 0 bridgehead atoms. The number of hydrogen-bond acceptors (Lipinski definition) is 4. The maximum Gasteiger partial charge on any atom is 0.240 e. The molecule has 7 nitrogen and oxygen atoms in total. The van der Waals surface area contributed by atoms with Crippen molar-refractivity contribution >= 4 is 17.7 Å². The summed E-state index contributed by atoms with van der Waals surface area (Å²) < 4.78 is 0. The summed E-state index contributed by atoms with van der Waals surface area (Å²) in [5.74, 6) is -1.31. The Bertz CT molecular complexity index is 328. The van der Waals surface area contributed by atoms with Gasteiger partial charge in [-0.25, -0.2) is 0 Å². The highest BCUT2D eigenvalue weighted by atomic mass is 16.2. The number of likely N-dealkylation sites (N-methyl/N-ethyl adjacent to an activating group) is 1. The van der Waals surface area contributed by atoms with E-state index in [9.17, 15) is 14.4 Å². The highest BCUT2D eigenvalue weighted by Gasteiger charge is 2.25. The molecule has 7 heteroatoms. The first-order valence-electron chi connectivity index (χ1n) is 5.48. The van der Waals surface area contributed by atoms with Gasteiger partial charge in [-0.2, -0.15) is 0 Å². The lowest BCUT2D eigenvalue weighted by molar-refractivity contribution is -0.136. The summed E-state index contributed by atoms with van der Waals surface area (Å²) in [7, 11) is 1.47. The van der Waals surface area contributed by atoms with E-state index in [1.807, 2.05) is 0 Å². The normalized spacial score (nSPS) is 16.1. The van der Waals surface area contributed by atoms with Crippen molar-refractivity contribution in [3.05, 3.63) is 0 Å². The van der Waals surface area contributed by atoms with Gasteiger partial charge >= 0.3 is 0 Å². The zero-order chi connectivity index (χ0) is 13.0. The van der Waals surface area contributed by atoms with E-state index >= 15 is 0 Å². The molecule has 0 aromatic carbocycles. The second kappa shape index (κ2) is 5.62. The second-order valence-electron chi connectivity index (χ2n) is 4.31. The molecule has 1 atom stereocenters. The number of nitrogens with two attached hydrogens (primary N) is 2. The molecule has 1 rings (SSSR count). The van der Waals surface area contributed by atoms with Gasteiger partial charge in [0.1, 0.15) is 0 Å². The average molecular weight is 242 g/mol. The Hall–Kier alpha value is -1.63. The number of hydrogen-bond donors (Lipinski definition) is 3. The molecule has 0 aromatic heterocycles. The fourth-order valence-corrected chi connectivity index (χ4v) is 1.38. The first kappa shape index (κ1) is 13.4. The molecule has 0 aliphatic heterocycles. The van der Waals surface area contributed by atoms with Crippen LogP contribution in [0, 0.1) is 0 Å².